The molecule has 2 N–H and O–H groups in total. The van der Waals surface area contributed by atoms with E-state index in [9.17, 15) is 19.7 Å². The van der Waals surface area contributed by atoms with Crippen molar-refractivity contribution in [3.63, 3.8) is 0 Å². The number of nitrogens with one attached hydrogen (secondary N) is 2. The van der Waals surface area contributed by atoms with Crippen LogP contribution in [0.5, 0.6) is 0 Å². The fourth-order valence-corrected chi connectivity index (χ4v) is 3.59. The van der Waals surface area contributed by atoms with E-state index in [1.54, 1.807) is 22.8 Å². The van der Waals surface area contributed by atoms with Gasteiger partial charge in [-0.1, -0.05) is 36.0 Å². The highest BCUT2D eigenvalue weighted by Crippen LogP contribution is 2.20. The van der Waals surface area contributed by atoms with Crippen molar-refractivity contribution in [1.82, 2.24) is 14.8 Å². The van der Waals surface area contributed by atoms with Crippen molar-refractivity contribution in [2.45, 2.75) is 25.0 Å². The van der Waals surface area contributed by atoms with Crippen LogP contribution in [0.1, 0.15) is 12.7 Å². The van der Waals surface area contributed by atoms with Gasteiger partial charge in [-0.05, 0) is 25.1 Å². The summed E-state index contributed by atoms with van der Waals surface area (Å²) in [5.74, 6) is -0.0119. The third-order valence-electron chi connectivity index (χ3n) is 4.16. The number of benzene rings is 2. The molecule has 11 heteroatoms. The molecule has 31 heavy (non-hydrogen) atoms. The zero-order chi connectivity index (χ0) is 22.2. The number of carbonyl (C=O) groups is 2. The molecule has 0 aliphatic carbocycles. The number of rotatable bonds is 9. The molecule has 2 amide bonds. The number of carbonyl (C=O) groups excluding carboxylic acids is 2. The second-order valence-electron chi connectivity index (χ2n) is 6.38. The van der Waals surface area contributed by atoms with E-state index in [-0.39, 0.29) is 29.7 Å². The number of aromatic nitrogens is 3. The van der Waals surface area contributed by atoms with E-state index in [0.717, 1.165) is 0 Å². The molecule has 0 saturated carbocycles. The van der Waals surface area contributed by atoms with E-state index < -0.39 is 4.92 Å². The van der Waals surface area contributed by atoms with Gasteiger partial charge in [-0.25, -0.2) is 0 Å². The molecule has 0 spiro atoms. The van der Waals surface area contributed by atoms with Gasteiger partial charge in [0.2, 0.25) is 11.8 Å². The minimum atomic E-state index is -0.524. The Kier molecular flexibility index (Phi) is 7.33. The van der Waals surface area contributed by atoms with Gasteiger partial charge in [0.25, 0.3) is 5.69 Å². The maximum atomic E-state index is 12.3. The Labute approximate surface area is 182 Å². The third-order valence-corrected chi connectivity index (χ3v) is 5.13. The second-order valence-corrected chi connectivity index (χ2v) is 7.32. The highest BCUT2D eigenvalue weighted by molar-refractivity contribution is 7.99. The minimum absolute atomic E-state index is 0.0387. The molecule has 1 heterocycles. The fraction of sp³-hybridized carbons (Fsp3) is 0.200. The molecule has 3 aromatic rings. The number of nitro benzene ring substituents is 1. The topological polar surface area (TPSA) is 132 Å². The normalized spacial score (nSPS) is 10.5. The molecule has 160 valence electrons. The van der Waals surface area contributed by atoms with Crippen LogP contribution in [0.25, 0.3) is 0 Å². The van der Waals surface area contributed by atoms with E-state index in [1.165, 1.54) is 30.0 Å². The Bertz CT molecular complexity index is 1090. The summed E-state index contributed by atoms with van der Waals surface area (Å²) in [5, 5.41) is 25.0. The SMILES string of the molecule is CCn1c(CC(=O)Nc2ccccc2)nnc1SCC(=O)Nc1cccc([N+](=O)[O-])c1. The number of nitrogens with zero attached hydrogens (tertiary/aromatic N) is 4. The van der Waals surface area contributed by atoms with E-state index in [1.807, 2.05) is 25.1 Å². The molecule has 0 radical (unpaired) electrons. The lowest BCUT2D eigenvalue weighted by molar-refractivity contribution is -0.384. The molecule has 0 fully saturated rings. The number of para-hydroxylation sites is 1. The van der Waals surface area contributed by atoms with Crippen LogP contribution in [0.2, 0.25) is 0 Å². The standard InChI is InChI=1S/C20H20N6O4S/c1-2-25-17(12-18(27)21-14-7-4-3-5-8-14)23-24-20(25)31-13-19(28)22-15-9-6-10-16(11-15)26(29)30/h3-11H,2,12-13H2,1H3,(H,21,27)(H,22,28). The molecule has 1 aromatic heterocycles. The van der Waals surface area contributed by atoms with Crippen LogP contribution in [0, 0.1) is 10.1 Å². The molecule has 0 unspecified atom stereocenters. The highest BCUT2D eigenvalue weighted by atomic mass is 32.2. The van der Waals surface area contributed by atoms with Gasteiger partial charge in [0.1, 0.15) is 5.82 Å². The number of hydrogen-bond donors (Lipinski definition) is 2. The Morgan fingerprint density at radius 1 is 1.03 bits per heavy atom. The number of non-ortho nitro benzene ring substituents is 1. The first kappa shape index (κ1) is 22.0. The fourth-order valence-electron chi connectivity index (χ4n) is 2.77. The summed E-state index contributed by atoms with van der Waals surface area (Å²) in [6, 6.07) is 14.8. The van der Waals surface area contributed by atoms with Gasteiger partial charge in [-0.2, -0.15) is 0 Å². The molecule has 0 atom stereocenters. The molecule has 3 rings (SSSR count). The summed E-state index contributed by atoms with van der Waals surface area (Å²) in [6.45, 7) is 2.44. The average Bonchev–Trinajstić information content (AvgIpc) is 3.14. The monoisotopic (exact) mass is 440 g/mol. The smallest absolute Gasteiger partial charge is 0.271 e. The maximum absolute atomic E-state index is 12.3. The van der Waals surface area contributed by atoms with Crippen molar-refractivity contribution < 1.29 is 14.5 Å². The number of anilines is 2. The minimum Gasteiger partial charge on any atom is -0.326 e. The zero-order valence-corrected chi connectivity index (χ0v) is 17.5. The van der Waals surface area contributed by atoms with E-state index >= 15 is 0 Å². The van der Waals surface area contributed by atoms with Crippen LogP contribution in [0.4, 0.5) is 17.1 Å². The molecule has 0 aliphatic heterocycles. The van der Waals surface area contributed by atoms with Crippen molar-refractivity contribution >= 4 is 40.6 Å². The quantitative estimate of drug-likeness (QED) is 0.297. The largest absolute Gasteiger partial charge is 0.326 e. The first-order valence-corrected chi connectivity index (χ1v) is 10.4. The lowest BCUT2D eigenvalue weighted by Crippen LogP contribution is -2.18. The van der Waals surface area contributed by atoms with Gasteiger partial charge in [0, 0.05) is 30.1 Å². The Morgan fingerprint density at radius 2 is 1.74 bits per heavy atom. The van der Waals surface area contributed by atoms with Crippen LogP contribution >= 0.6 is 11.8 Å². The highest BCUT2D eigenvalue weighted by Gasteiger charge is 2.16. The summed E-state index contributed by atoms with van der Waals surface area (Å²) in [5.41, 5.74) is 0.937. The van der Waals surface area contributed by atoms with E-state index in [2.05, 4.69) is 20.8 Å². The van der Waals surface area contributed by atoms with Gasteiger partial charge >= 0.3 is 0 Å². The molecular weight excluding hydrogens is 420 g/mol. The number of nitro groups is 1. The van der Waals surface area contributed by atoms with E-state index in [0.29, 0.717) is 28.9 Å². The second kappa shape index (κ2) is 10.3. The molecule has 0 bridgehead atoms. The maximum Gasteiger partial charge on any atom is 0.271 e. The van der Waals surface area contributed by atoms with Gasteiger partial charge in [-0.15, -0.1) is 10.2 Å². The van der Waals surface area contributed by atoms with Gasteiger partial charge in [0.05, 0.1) is 17.1 Å². The molecule has 0 saturated heterocycles. The summed E-state index contributed by atoms with van der Waals surface area (Å²) >= 11 is 1.17. The predicted octanol–water partition coefficient (Wildman–Crippen LogP) is 3.12. The van der Waals surface area contributed by atoms with Crippen molar-refractivity contribution in [2.24, 2.45) is 0 Å². The van der Waals surface area contributed by atoms with Gasteiger partial charge in [-0.3, -0.25) is 19.7 Å². The van der Waals surface area contributed by atoms with Gasteiger partial charge < -0.3 is 15.2 Å². The molecule has 0 aliphatic rings. The summed E-state index contributed by atoms with van der Waals surface area (Å²) < 4.78 is 1.77. The van der Waals surface area contributed by atoms with Crippen molar-refractivity contribution in [2.75, 3.05) is 16.4 Å². The van der Waals surface area contributed by atoms with Crippen molar-refractivity contribution in [3.8, 4) is 0 Å². The first-order valence-electron chi connectivity index (χ1n) is 9.40. The summed E-state index contributed by atoms with van der Waals surface area (Å²) in [6.07, 6.45) is 0.0518. The van der Waals surface area contributed by atoms with Crippen LogP contribution in [0.15, 0.2) is 59.8 Å². The summed E-state index contributed by atoms with van der Waals surface area (Å²) in [4.78, 5) is 34.8. The molecule has 2 aromatic carbocycles. The molecular formula is C20H20N6O4S. The first-order chi connectivity index (χ1) is 15.0. The lowest BCUT2D eigenvalue weighted by atomic mass is 10.3. The lowest BCUT2D eigenvalue weighted by Gasteiger charge is -2.08. The van der Waals surface area contributed by atoms with Crippen molar-refractivity contribution in [3.05, 3.63) is 70.5 Å². The zero-order valence-electron chi connectivity index (χ0n) is 16.6. The van der Waals surface area contributed by atoms with Crippen LogP contribution in [-0.2, 0) is 22.6 Å². The molecule has 10 nitrogen and oxygen atoms in total. The third kappa shape index (κ3) is 6.12. The number of hydrogen-bond acceptors (Lipinski definition) is 7. The Hall–Kier alpha value is -3.73. The number of thioether (sulfide) groups is 1. The predicted molar refractivity (Wildman–Crippen MR) is 117 cm³/mol. The average molecular weight is 440 g/mol. The van der Waals surface area contributed by atoms with Crippen molar-refractivity contribution in [1.29, 1.82) is 0 Å². The van der Waals surface area contributed by atoms with E-state index in [4.69, 9.17) is 0 Å². The Balaban J connectivity index is 1.57. The Morgan fingerprint density at radius 3 is 2.45 bits per heavy atom. The van der Waals surface area contributed by atoms with Crippen LogP contribution in [0.3, 0.4) is 0 Å². The number of amides is 2. The van der Waals surface area contributed by atoms with Crippen LogP contribution < -0.4 is 10.6 Å². The summed E-state index contributed by atoms with van der Waals surface area (Å²) in [7, 11) is 0. The van der Waals surface area contributed by atoms with Gasteiger partial charge in [0.15, 0.2) is 5.16 Å². The van der Waals surface area contributed by atoms with Crippen LogP contribution in [-0.4, -0.2) is 37.3 Å².